The van der Waals surface area contributed by atoms with Crippen LogP contribution in [0, 0.1) is 5.92 Å². The quantitative estimate of drug-likeness (QED) is 0.288. The van der Waals surface area contributed by atoms with Gasteiger partial charge in [-0.2, -0.15) is 22.7 Å². The lowest BCUT2D eigenvalue weighted by atomic mass is 9.74. The first-order valence-corrected chi connectivity index (χ1v) is 17.7. The number of halogens is 4. The lowest BCUT2D eigenvalue weighted by Crippen LogP contribution is -2.46. The second-order valence-electron chi connectivity index (χ2n) is 14.0. The molecular formula is C36H36ClF3N8O5. The van der Waals surface area contributed by atoms with Crippen LogP contribution < -0.4 is 10.9 Å². The van der Waals surface area contributed by atoms with E-state index in [1.807, 2.05) is 19.9 Å². The van der Waals surface area contributed by atoms with Gasteiger partial charge in [-0.15, -0.1) is 5.10 Å². The molecule has 2 N–H and O–H groups in total. The summed E-state index contributed by atoms with van der Waals surface area (Å²) in [6, 6.07) is 5.57. The molecule has 5 heterocycles. The summed E-state index contributed by atoms with van der Waals surface area (Å²) in [5.41, 5.74) is -0.253. The van der Waals surface area contributed by atoms with Crippen LogP contribution in [-0.2, 0) is 34.1 Å². The number of hydrogen-bond acceptors (Lipinski definition) is 8. The normalized spacial score (nSPS) is 17.0. The maximum atomic E-state index is 14.4. The summed E-state index contributed by atoms with van der Waals surface area (Å²) in [6.45, 7) is 4.70. The Bertz CT molecular complexity index is 2240. The fourth-order valence-electron chi connectivity index (χ4n) is 7.59. The molecular weight excluding hydrogens is 717 g/mol. The number of carbonyl (C=O) groups excluding carboxylic acids is 3. The van der Waals surface area contributed by atoms with Gasteiger partial charge in [0.25, 0.3) is 11.5 Å². The Morgan fingerprint density at radius 3 is 2.45 bits per heavy atom. The molecule has 1 aromatic carbocycles. The number of nitrogens with one attached hydrogen (secondary N) is 1. The zero-order valence-electron chi connectivity index (χ0n) is 28.9. The van der Waals surface area contributed by atoms with Gasteiger partial charge < -0.3 is 24.8 Å². The maximum absolute atomic E-state index is 14.4. The second-order valence-corrected chi connectivity index (χ2v) is 14.4. The maximum Gasteiger partial charge on any atom is 0.416 e. The minimum atomic E-state index is -4.62. The number of rotatable bonds is 6. The van der Waals surface area contributed by atoms with Gasteiger partial charge in [-0.25, -0.2) is 4.98 Å². The number of fused-ring (bicyclic) bond motifs is 3. The van der Waals surface area contributed by atoms with Gasteiger partial charge in [-0.05, 0) is 68.0 Å². The SMILES string of the molecule is CC(C)C(=O)N1CC=C(c2nc3n(CC(=O)Nc4ccc(C(F)(F)F)cc4Cl)c4c(c(=O)n3n2)C2(CC4)CCN(C(=O)c3ncccc3O)CC2)CC1. The number of aromatic hydroxyl groups is 1. The number of aromatic nitrogens is 5. The van der Waals surface area contributed by atoms with Crippen LogP contribution in [-0.4, -0.2) is 83.0 Å². The molecule has 3 amide bonds. The molecule has 0 radical (unpaired) electrons. The molecule has 13 nitrogen and oxygen atoms in total. The van der Waals surface area contributed by atoms with Gasteiger partial charge in [-0.1, -0.05) is 31.5 Å². The summed E-state index contributed by atoms with van der Waals surface area (Å²) >= 11 is 6.14. The zero-order valence-corrected chi connectivity index (χ0v) is 29.7. The number of alkyl halides is 3. The molecule has 4 aromatic rings. The van der Waals surface area contributed by atoms with Crippen molar-refractivity contribution in [3.05, 3.63) is 86.3 Å². The fraction of sp³-hybridized carbons (Fsp3) is 0.417. The molecule has 0 unspecified atom stereocenters. The highest BCUT2D eigenvalue weighted by molar-refractivity contribution is 6.33. The van der Waals surface area contributed by atoms with Gasteiger partial charge in [0.1, 0.15) is 12.3 Å². The van der Waals surface area contributed by atoms with Crippen molar-refractivity contribution in [1.29, 1.82) is 0 Å². The monoisotopic (exact) mass is 752 g/mol. The lowest BCUT2D eigenvalue weighted by molar-refractivity contribution is -0.137. The molecule has 1 spiro atoms. The Balaban J connectivity index is 1.24. The molecule has 1 saturated heterocycles. The van der Waals surface area contributed by atoms with Crippen LogP contribution >= 0.6 is 11.6 Å². The van der Waals surface area contributed by atoms with Crippen LogP contribution in [0.4, 0.5) is 18.9 Å². The third kappa shape index (κ3) is 6.64. The Morgan fingerprint density at radius 2 is 1.81 bits per heavy atom. The Morgan fingerprint density at radius 1 is 1.06 bits per heavy atom. The summed E-state index contributed by atoms with van der Waals surface area (Å²) in [5, 5.41) is 17.2. The molecule has 278 valence electrons. The predicted molar refractivity (Wildman–Crippen MR) is 187 cm³/mol. The minimum Gasteiger partial charge on any atom is -0.505 e. The van der Waals surface area contributed by atoms with Crippen molar-refractivity contribution >= 4 is 46.4 Å². The summed E-state index contributed by atoms with van der Waals surface area (Å²) in [4.78, 5) is 65.9. The number of hydrogen-bond donors (Lipinski definition) is 2. The number of carbonyl (C=O) groups is 3. The van der Waals surface area contributed by atoms with Gasteiger partial charge in [0, 0.05) is 55.0 Å². The number of pyridine rings is 1. The Labute approximate surface area is 306 Å². The number of benzene rings is 1. The van der Waals surface area contributed by atoms with Crippen LogP contribution in [0.5, 0.6) is 5.75 Å². The molecule has 53 heavy (non-hydrogen) atoms. The van der Waals surface area contributed by atoms with E-state index in [1.54, 1.807) is 14.4 Å². The van der Waals surface area contributed by atoms with Crippen molar-refractivity contribution in [2.45, 2.75) is 64.1 Å². The predicted octanol–water partition coefficient (Wildman–Crippen LogP) is 4.69. The number of nitrogens with zero attached hydrogens (tertiary/aromatic N) is 7. The van der Waals surface area contributed by atoms with E-state index in [4.69, 9.17) is 16.6 Å². The average molecular weight is 753 g/mol. The topological polar surface area (TPSA) is 155 Å². The van der Waals surface area contributed by atoms with Crippen LogP contribution in [0.25, 0.3) is 11.4 Å². The Kier molecular flexibility index (Phi) is 9.29. The summed E-state index contributed by atoms with van der Waals surface area (Å²) in [6.07, 6.45) is 0.962. The smallest absolute Gasteiger partial charge is 0.416 e. The molecule has 17 heteroatoms. The van der Waals surface area contributed by atoms with Gasteiger partial charge in [0.05, 0.1) is 16.3 Å². The molecule has 0 saturated carbocycles. The largest absolute Gasteiger partial charge is 0.505 e. The molecule has 2 aliphatic heterocycles. The first kappa shape index (κ1) is 36.1. The van der Waals surface area contributed by atoms with Gasteiger partial charge in [-0.3, -0.25) is 19.2 Å². The van der Waals surface area contributed by atoms with E-state index in [9.17, 15) is 37.5 Å². The molecule has 1 aliphatic carbocycles. The zero-order chi connectivity index (χ0) is 37.8. The molecule has 7 rings (SSSR count). The van der Waals surface area contributed by atoms with Gasteiger partial charge in [0.2, 0.25) is 17.6 Å². The third-order valence-corrected chi connectivity index (χ3v) is 10.7. The first-order chi connectivity index (χ1) is 25.2. The molecule has 0 atom stereocenters. The highest BCUT2D eigenvalue weighted by atomic mass is 35.5. The highest BCUT2D eigenvalue weighted by Gasteiger charge is 2.46. The highest BCUT2D eigenvalue weighted by Crippen LogP contribution is 2.45. The van der Waals surface area contributed by atoms with E-state index < -0.39 is 29.0 Å². The van der Waals surface area contributed by atoms with Crippen molar-refractivity contribution in [1.82, 2.24) is 33.9 Å². The second kappa shape index (κ2) is 13.6. The molecule has 1 fully saturated rings. The van der Waals surface area contributed by atoms with E-state index in [0.29, 0.717) is 69.5 Å². The van der Waals surface area contributed by atoms with Crippen LogP contribution in [0.15, 0.2) is 47.4 Å². The van der Waals surface area contributed by atoms with E-state index in [1.165, 1.54) is 22.8 Å². The van der Waals surface area contributed by atoms with Crippen LogP contribution in [0.1, 0.15) is 72.7 Å². The van der Waals surface area contributed by atoms with Crippen molar-refractivity contribution in [2.24, 2.45) is 5.92 Å². The Hall–Kier alpha value is -5.25. The van der Waals surface area contributed by atoms with Gasteiger partial charge in [0.15, 0.2) is 11.5 Å². The van der Waals surface area contributed by atoms with Gasteiger partial charge >= 0.3 is 6.18 Å². The number of piperidine rings is 1. The van der Waals surface area contributed by atoms with Crippen molar-refractivity contribution < 1.29 is 32.7 Å². The van der Waals surface area contributed by atoms with E-state index >= 15 is 0 Å². The molecule has 0 bridgehead atoms. The number of anilines is 1. The summed E-state index contributed by atoms with van der Waals surface area (Å²) in [7, 11) is 0. The van der Waals surface area contributed by atoms with Crippen molar-refractivity contribution in [3.8, 4) is 5.75 Å². The lowest BCUT2D eigenvalue weighted by Gasteiger charge is -2.39. The molecule has 3 aromatic heterocycles. The van der Waals surface area contributed by atoms with Crippen LogP contribution in [0.2, 0.25) is 5.02 Å². The minimum absolute atomic E-state index is 0.0131. The standard InChI is InChI=1S/C36H36ClF3N8O5/c1-20(2)31(51)45-14-8-21(9-15-45)30-43-34-47(19-27(50)42-24-6-5-22(18-23(24)37)36(38,39)40)25-7-10-35(28(25)32(52)48(34)44-30)11-16-46(17-12-35)33(53)29-26(49)4-3-13-41-29/h3-6,8,13,18,20,49H,7,9-12,14-17,19H2,1-2H3,(H,42,50). The summed E-state index contributed by atoms with van der Waals surface area (Å²) in [5.74, 6) is -0.988. The van der Waals surface area contributed by atoms with Crippen molar-refractivity contribution in [2.75, 3.05) is 31.5 Å². The van der Waals surface area contributed by atoms with E-state index in [2.05, 4.69) is 15.4 Å². The van der Waals surface area contributed by atoms with Crippen molar-refractivity contribution in [3.63, 3.8) is 0 Å². The summed E-state index contributed by atoms with van der Waals surface area (Å²) < 4.78 is 42.5. The fourth-order valence-corrected chi connectivity index (χ4v) is 7.82. The van der Waals surface area contributed by atoms with E-state index in [0.717, 1.165) is 23.8 Å². The number of amides is 3. The average Bonchev–Trinajstić information content (AvgIpc) is 3.74. The third-order valence-electron chi connectivity index (χ3n) is 10.4. The van der Waals surface area contributed by atoms with E-state index in [-0.39, 0.29) is 57.7 Å². The van der Waals surface area contributed by atoms with Crippen LogP contribution in [0.3, 0.4) is 0 Å². The first-order valence-electron chi connectivity index (χ1n) is 17.3. The molecule has 3 aliphatic rings. The number of likely N-dealkylation sites (tertiary alicyclic amines) is 1.